The molecule has 0 heteroatoms. The van der Waals surface area contributed by atoms with Gasteiger partial charge in [0.25, 0.3) is 0 Å². The average molecular weight is 1450 g/mol. The van der Waals surface area contributed by atoms with E-state index in [1.54, 1.807) is 148 Å². The Hall–Kier alpha value is -1.82. The second-order valence-electron chi connectivity index (χ2n) is 38.2. The van der Waals surface area contributed by atoms with Gasteiger partial charge in [0.05, 0.1) is 0 Å². The smallest absolute Gasteiger partial charge is 0.0169 e. The third-order valence-corrected chi connectivity index (χ3v) is 29.1. The van der Waals surface area contributed by atoms with Gasteiger partial charge in [0.2, 0.25) is 0 Å². The third-order valence-electron chi connectivity index (χ3n) is 29.1. The molecule has 4 unspecified atom stereocenters. The zero-order valence-electron chi connectivity index (χ0n) is 70.9. The van der Waals surface area contributed by atoms with Crippen molar-refractivity contribution in [3.8, 4) is 0 Å². The lowest BCUT2D eigenvalue weighted by Crippen LogP contribution is -2.22. The molecule has 0 heterocycles. The fourth-order valence-electron chi connectivity index (χ4n) is 21.5. The molecule has 105 heavy (non-hydrogen) atoms. The van der Waals surface area contributed by atoms with Gasteiger partial charge in [-0.15, -0.1) is 0 Å². The Morgan fingerprint density at radius 3 is 0.467 bits per heavy atom. The normalized spacial score (nSPS) is 32.5. The van der Waals surface area contributed by atoms with Crippen molar-refractivity contribution in [3.05, 3.63) is 85.1 Å². The second-order valence-corrected chi connectivity index (χ2v) is 38.2. The molecule has 0 saturated heterocycles. The highest BCUT2D eigenvalue weighted by atomic mass is 14.4. The fourth-order valence-corrected chi connectivity index (χ4v) is 21.5. The summed E-state index contributed by atoms with van der Waals surface area (Å²) in [6.07, 6.45) is 149. The predicted molar refractivity (Wildman–Crippen MR) is 471 cm³/mol. The molecule has 0 aliphatic heterocycles. The van der Waals surface area contributed by atoms with Crippen molar-refractivity contribution < 1.29 is 0 Å². The Morgan fingerprint density at radius 2 is 0.343 bits per heavy atom. The van der Waals surface area contributed by atoms with Gasteiger partial charge in [-0.05, 0) is 167 Å². The van der Waals surface area contributed by atoms with Crippen LogP contribution in [0.3, 0.4) is 0 Å². The van der Waals surface area contributed by atoms with Crippen LogP contribution in [0.15, 0.2) is 85.1 Å². The molecule has 0 aromatic heterocycles. The highest BCUT2D eigenvalue weighted by Crippen LogP contribution is 2.46. The lowest BCUT2D eigenvalue weighted by Gasteiger charge is -2.35. The van der Waals surface area contributed by atoms with Gasteiger partial charge in [0.15, 0.2) is 0 Å². The second kappa shape index (κ2) is 64.7. The van der Waals surface area contributed by atoms with Gasteiger partial charge in [-0.3, -0.25) is 0 Å². The lowest BCUT2D eigenvalue weighted by atomic mass is 9.71. The molecular weight excluding hydrogens is 1260 g/mol. The van der Waals surface area contributed by atoms with Crippen LogP contribution in [-0.2, 0) is 0 Å². The molecule has 23 aliphatic carbocycles. The topological polar surface area (TPSA) is 0 Å². The van der Waals surface area contributed by atoms with E-state index in [1.807, 2.05) is 0 Å². The minimum Gasteiger partial charge on any atom is -0.0885 e. The molecule has 0 amide bonds. The molecule has 604 valence electrons. The van der Waals surface area contributed by atoms with Crippen LogP contribution < -0.4 is 0 Å². The number of hydrogen-bond acceptors (Lipinski definition) is 0. The first-order valence-electron chi connectivity index (χ1n) is 49.8. The van der Waals surface area contributed by atoms with Crippen molar-refractivity contribution in [2.75, 3.05) is 0 Å². The van der Waals surface area contributed by atoms with Gasteiger partial charge in [-0.25, -0.2) is 0 Å². The van der Waals surface area contributed by atoms with Crippen molar-refractivity contribution in [2.45, 2.75) is 507 Å². The maximum Gasteiger partial charge on any atom is -0.0169 e. The minimum absolute atomic E-state index is 0.991. The summed E-state index contributed by atoms with van der Waals surface area (Å²) in [5.74, 6) is 13.6. The summed E-state index contributed by atoms with van der Waals surface area (Å²) in [7, 11) is 0. The number of hydrogen-bond donors (Lipinski definition) is 0. The minimum atomic E-state index is 0.991. The van der Waals surface area contributed by atoms with Gasteiger partial charge in [0.1, 0.15) is 0 Å². The molecule has 0 radical (unpaired) electrons. The van der Waals surface area contributed by atoms with Crippen LogP contribution in [0.25, 0.3) is 0 Å². The van der Waals surface area contributed by atoms with Gasteiger partial charge < -0.3 is 0 Å². The van der Waals surface area contributed by atoms with E-state index in [0.29, 0.717) is 0 Å². The number of rotatable bonds is 0. The van der Waals surface area contributed by atoms with E-state index in [0.717, 1.165) is 48.3 Å². The zero-order chi connectivity index (χ0) is 72.7. The van der Waals surface area contributed by atoms with E-state index in [-0.39, 0.29) is 0 Å². The molecule has 0 N–H and O–H groups in total. The predicted octanol–water partition coefficient (Wildman–Crippen LogP) is 36.2. The van der Waals surface area contributed by atoms with Crippen molar-refractivity contribution in [1.82, 2.24) is 0 Å². The average Bonchev–Trinajstić information content (AvgIpc) is 1.62. The fraction of sp³-hybridized carbons (Fsp3) is 0.867. The molecule has 23 rings (SSSR count). The molecule has 0 aromatic carbocycles. The molecule has 18 fully saturated rings. The van der Waals surface area contributed by atoms with Crippen LogP contribution in [-0.4, -0.2) is 0 Å². The summed E-state index contributed by atoms with van der Waals surface area (Å²) in [4.78, 5) is 0. The van der Waals surface area contributed by atoms with E-state index < -0.39 is 0 Å². The van der Waals surface area contributed by atoms with Gasteiger partial charge in [0, 0.05) is 0 Å². The van der Waals surface area contributed by atoms with Gasteiger partial charge >= 0.3 is 0 Å². The van der Waals surface area contributed by atoms with Crippen LogP contribution in [0.2, 0.25) is 0 Å². The van der Waals surface area contributed by atoms with Crippen LogP contribution >= 0.6 is 0 Å². The summed E-state index contributed by atoms with van der Waals surface area (Å²) >= 11 is 0. The largest absolute Gasteiger partial charge is 0.0885 e. The van der Waals surface area contributed by atoms with E-state index in [4.69, 9.17) is 0 Å². The Bertz CT molecular complexity index is 1890. The van der Waals surface area contributed by atoms with Crippen LogP contribution in [0.4, 0.5) is 0 Å². The number of allylic oxidation sites excluding steroid dienone is 14. The Kier molecular flexibility index (Phi) is 55.7. The quantitative estimate of drug-likeness (QED) is 0.168. The van der Waals surface area contributed by atoms with Crippen molar-refractivity contribution >= 4 is 0 Å². The maximum atomic E-state index is 2.38. The van der Waals surface area contributed by atoms with Crippen LogP contribution in [0.5, 0.6) is 0 Å². The third kappa shape index (κ3) is 48.0. The van der Waals surface area contributed by atoms with Crippen LogP contribution in [0, 0.1) is 71.0 Å². The monoisotopic (exact) mass is 1450 g/mol. The first-order valence-corrected chi connectivity index (χ1v) is 49.8. The summed E-state index contributed by atoms with van der Waals surface area (Å²) in [6, 6.07) is 0. The van der Waals surface area contributed by atoms with Crippen LogP contribution in [0.1, 0.15) is 507 Å². The SMILES string of the molecule is C1=CC2CCC1C2.C1=CCC=CC1.C1=CCCC1.C1=CCCC=C1.C1=CCCCC1.C1CC1.C1CC2CCC1C2.C1CC2CCC1CC2.C1CC2CCCC2C1.C1CCC1.C1CCC2CCCC2C1.C1CCC2CCCCC2C1.C1CCCC1.C1CCCCC1.C1CCCCCC1.C1CCCCCCC1. The van der Waals surface area contributed by atoms with E-state index in [1.165, 1.54) is 382 Å². The summed E-state index contributed by atoms with van der Waals surface area (Å²) < 4.78 is 0. The summed E-state index contributed by atoms with van der Waals surface area (Å²) in [5, 5.41) is 0. The molecule has 0 aromatic rings. The molecule has 6 bridgehead atoms. The first-order chi connectivity index (χ1) is 52.2. The first kappa shape index (κ1) is 90.4. The maximum absolute atomic E-state index is 2.38. The Balaban J connectivity index is 0.000000157. The highest BCUT2D eigenvalue weighted by Gasteiger charge is 2.33. The lowest BCUT2D eigenvalue weighted by molar-refractivity contribution is 0.171. The standard InChI is InChI=1S/C10H18.C9H16.2C8H14.C8H16.C7H12.C7H10.C7H14.C6H12.C6H10.2C6H8.C5H10.C5H8.C4H8.C3H6/c1-2-6-10-8-4-3-7-9(10)5-1;1-2-5-9-7-3-6-8(9)4-1;1-3-7-5-2-6-8(7)4-1;1-2-8-5-3-7(1)4-6-8;1-2-4-6-8-7-5-3-1;2*1-2-7-4-3-6(1)5-7;1-2-4-6-7-5-3-1;4*1-2-4-6-5-3-1;2*1-2-4-5-3-1;1-2-4-3-1;1-2-3-1/h9-10H,1-8H2;8-9H,1-7H2;2*7-8H,1-6H2;1-8H2;6-7H,1-5H2;1-2,6-7H,3-5H2;1-7H2;1-6H2;1-2H,3-6H2;1-2,5-6H,3-4H2;1-4H,5-6H2;1-5H2;1-2H,3-5H2;1-4H2;1-3H2. The summed E-state index contributed by atoms with van der Waals surface area (Å²) in [6.45, 7) is 0. The Morgan fingerprint density at radius 1 is 0.133 bits per heavy atom. The molecular formula is C105H184. The van der Waals surface area contributed by atoms with E-state index in [2.05, 4.69) is 85.1 Å². The Labute approximate surface area is 659 Å². The van der Waals surface area contributed by atoms with E-state index in [9.17, 15) is 0 Å². The molecule has 4 atom stereocenters. The van der Waals surface area contributed by atoms with Gasteiger partial charge in [-0.1, -0.05) is 496 Å². The van der Waals surface area contributed by atoms with Crippen molar-refractivity contribution in [1.29, 1.82) is 0 Å². The highest BCUT2D eigenvalue weighted by molar-refractivity contribution is 5.08. The number of fused-ring (bicyclic) bond motifs is 10. The zero-order valence-corrected chi connectivity index (χ0v) is 70.9. The summed E-state index contributed by atoms with van der Waals surface area (Å²) in [5.41, 5.74) is 0. The van der Waals surface area contributed by atoms with E-state index >= 15 is 0 Å². The van der Waals surface area contributed by atoms with Crippen molar-refractivity contribution in [3.63, 3.8) is 0 Å². The molecule has 0 nitrogen and oxygen atoms in total. The van der Waals surface area contributed by atoms with Gasteiger partial charge in [-0.2, -0.15) is 0 Å². The molecule has 0 spiro atoms. The van der Waals surface area contributed by atoms with Crippen molar-refractivity contribution in [2.24, 2.45) is 71.0 Å². The molecule has 18 saturated carbocycles. The molecule has 23 aliphatic rings.